The molecule has 0 radical (unpaired) electrons. The molecule has 0 fully saturated rings. The molecule has 3 N–H and O–H groups in total. The van der Waals surface area contributed by atoms with E-state index in [4.69, 9.17) is 5.73 Å². The van der Waals surface area contributed by atoms with Crippen molar-refractivity contribution in [1.29, 1.82) is 0 Å². The number of para-hydroxylation sites is 1. The van der Waals surface area contributed by atoms with Gasteiger partial charge in [0.1, 0.15) is 5.60 Å². The summed E-state index contributed by atoms with van der Waals surface area (Å²) in [5, 5.41) is 12.3. The molecule has 0 aliphatic carbocycles. The first-order valence-corrected chi connectivity index (χ1v) is 10.5. The molecule has 0 amide bonds. The van der Waals surface area contributed by atoms with E-state index in [0.717, 1.165) is 11.4 Å². The van der Waals surface area contributed by atoms with Crippen LogP contribution >= 0.6 is 0 Å². The van der Waals surface area contributed by atoms with E-state index in [1.165, 1.54) is 0 Å². The largest absolute Gasteiger partial charge is 0.399 e. The maximum Gasteiger partial charge on any atom is 0.278 e. The highest BCUT2D eigenvalue weighted by molar-refractivity contribution is 5.55. The van der Waals surface area contributed by atoms with E-state index < -0.39 is 5.60 Å². The highest BCUT2D eigenvalue weighted by Gasteiger charge is 2.40. The molecule has 0 aliphatic heterocycles. The Balaban J connectivity index is 2.02. The Bertz CT molecular complexity index is 1290. The van der Waals surface area contributed by atoms with Gasteiger partial charge in [-0.2, -0.15) is 0 Å². The van der Waals surface area contributed by atoms with E-state index in [0.29, 0.717) is 28.1 Å². The molecule has 1 aromatic heterocycles. The monoisotopic (exact) mass is 428 g/mol. The summed E-state index contributed by atoms with van der Waals surface area (Å²) < 4.78 is 3.37. The predicted octanol–water partition coefficient (Wildman–Crippen LogP) is 3.42. The van der Waals surface area contributed by atoms with Crippen LogP contribution in [0.15, 0.2) is 83.7 Å². The third-order valence-electron chi connectivity index (χ3n) is 6.05. The Hall–Kier alpha value is -3.77. The summed E-state index contributed by atoms with van der Waals surface area (Å²) in [6.07, 6.45) is 0. The van der Waals surface area contributed by atoms with Crippen LogP contribution in [0.1, 0.15) is 22.4 Å². The van der Waals surface area contributed by atoms with Gasteiger partial charge in [-0.25, -0.2) is 4.68 Å². The van der Waals surface area contributed by atoms with Crippen molar-refractivity contribution in [3.05, 3.63) is 112 Å². The van der Waals surface area contributed by atoms with Gasteiger partial charge in [0.25, 0.3) is 5.56 Å². The maximum atomic E-state index is 13.8. The van der Waals surface area contributed by atoms with Crippen LogP contribution in [0.25, 0.3) is 5.69 Å². The molecule has 4 aromatic rings. The fraction of sp³-hybridized carbons (Fsp3) is 0.192. The average Bonchev–Trinajstić information content (AvgIpc) is 3.02. The topological polar surface area (TPSA) is 76.4 Å². The smallest absolute Gasteiger partial charge is 0.278 e. The molecule has 6 nitrogen and oxygen atoms in total. The second kappa shape index (κ2) is 8.05. The van der Waals surface area contributed by atoms with E-state index in [9.17, 15) is 9.90 Å². The first-order valence-electron chi connectivity index (χ1n) is 10.5. The zero-order valence-corrected chi connectivity index (χ0v) is 18.8. The lowest BCUT2D eigenvalue weighted by Gasteiger charge is -2.29. The molecule has 0 aliphatic rings. The summed E-state index contributed by atoms with van der Waals surface area (Å²) in [5.41, 5.74) is 8.48. The second-order valence-corrected chi connectivity index (χ2v) is 8.21. The molecule has 1 atom stereocenters. The summed E-state index contributed by atoms with van der Waals surface area (Å²) in [7, 11) is 5.74. The second-order valence-electron chi connectivity index (χ2n) is 8.21. The summed E-state index contributed by atoms with van der Waals surface area (Å²) in [5.74, 6) is 0. The normalized spacial score (nSPS) is 13.0. The van der Waals surface area contributed by atoms with Gasteiger partial charge in [0.05, 0.1) is 11.3 Å². The third-order valence-corrected chi connectivity index (χ3v) is 6.05. The minimum atomic E-state index is -1.66. The lowest BCUT2D eigenvalue weighted by molar-refractivity contribution is 0.124. The Labute approximate surface area is 187 Å². The lowest BCUT2D eigenvalue weighted by atomic mass is 9.80. The van der Waals surface area contributed by atoms with Crippen LogP contribution in [0.5, 0.6) is 0 Å². The first kappa shape index (κ1) is 21.5. The van der Waals surface area contributed by atoms with Gasteiger partial charge < -0.3 is 15.7 Å². The van der Waals surface area contributed by atoms with Crippen LogP contribution in [-0.4, -0.2) is 28.6 Å². The Kier molecular flexibility index (Phi) is 5.40. The molecule has 6 heteroatoms. The van der Waals surface area contributed by atoms with Crippen molar-refractivity contribution < 1.29 is 5.11 Å². The van der Waals surface area contributed by atoms with Gasteiger partial charge in [0, 0.05) is 38.2 Å². The quantitative estimate of drug-likeness (QED) is 0.478. The molecule has 0 saturated heterocycles. The van der Waals surface area contributed by atoms with Gasteiger partial charge in [0.2, 0.25) is 0 Å². The summed E-state index contributed by atoms with van der Waals surface area (Å²) in [6.45, 7) is 1.85. The predicted molar refractivity (Wildman–Crippen MR) is 129 cm³/mol. The van der Waals surface area contributed by atoms with E-state index in [-0.39, 0.29) is 5.56 Å². The van der Waals surface area contributed by atoms with Crippen LogP contribution in [0, 0.1) is 6.92 Å². The van der Waals surface area contributed by atoms with Crippen molar-refractivity contribution in [2.75, 3.05) is 24.7 Å². The number of aliphatic hydroxyl groups is 1. The Morgan fingerprint density at radius 2 is 1.41 bits per heavy atom. The molecular formula is C26H28N4O2. The standard InChI is InChI=1S/C26H28N4O2/c1-18-24(25(31)30(29(18)4)23-8-6-5-7-9-23)26(32,19-10-14-21(27)15-11-19)20-12-16-22(17-13-20)28(2)3/h5-17,32H,27H2,1-4H3. The van der Waals surface area contributed by atoms with Gasteiger partial charge >= 0.3 is 0 Å². The summed E-state index contributed by atoms with van der Waals surface area (Å²) >= 11 is 0. The fourth-order valence-electron chi connectivity index (χ4n) is 4.17. The Morgan fingerprint density at radius 3 is 1.94 bits per heavy atom. The molecule has 164 valence electrons. The molecule has 0 bridgehead atoms. The number of aromatic nitrogens is 2. The van der Waals surface area contributed by atoms with Crippen LogP contribution in [0.4, 0.5) is 11.4 Å². The van der Waals surface area contributed by atoms with Crippen LogP contribution in [0.2, 0.25) is 0 Å². The minimum Gasteiger partial charge on any atom is -0.399 e. The van der Waals surface area contributed by atoms with E-state index in [1.54, 1.807) is 33.6 Å². The van der Waals surface area contributed by atoms with Crippen LogP contribution in [-0.2, 0) is 12.6 Å². The fourth-order valence-corrected chi connectivity index (χ4v) is 4.17. The number of hydrogen-bond donors (Lipinski definition) is 2. The number of nitrogens with zero attached hydrogens (tertiary/aromatic N) is 3. The minimum absolute atomic E-state index is 0.271. The molecule has 1 unspecified atom stereocenters. The van der Waals surface area contributed by atoms with Crippen molar-refractivity contribution in [3.8, 4) is 5.69 Å². The number of hydrogen-bond acceptors (Lipinski definition) is 4. The van der Waals surface area contributed by atoms with E-state index in [2.05, 4.69) is 0 Å². The lowest BCUT2D eigenvalue weighted by Crippen LogP contribution is -2.35. The van der Waals surface area contributed by atoms with Gasteiger partial charge in [-0.1, -0.05) is 42.5 Å². The third kappa shape index (κ3) is 3.39. The number of nitrogen functional groups attached to an aromatic ring is 1. The Morgan fingerprint density at radius 1 is 0.875 bits per heavy atom. The summed E-state index contributed by atoms with van der Waals surface area (Å²) in [6, 6.07) is 24.0. The van der Waals surface area contributed by atoms with Gasteiger partial charge in [0.15, 0.2) is 0 Å². The molecule has 0 spiro atoms. The zero-order valence-electron chi connectivity index (χ0n) is 18.8. The van der Waals surface area contributed by atoms with Crippen molar-refractivity contribution >= 4 is 11.4 Å². The van der Waals surface area contributed by atoms with Crippen molar-refractivity contribution in [2.24, 2.45) is 7.05 Å². The van der Waals surface area contributed by atoms with Crippen molar-refractivity contribution in [1.82, 2.24) is 9.36 Å². The zero-order chi connectivity index (χ0) is 23.0. The summed E-state index contributed by atoms with van der Waals surface area (Å²) in [4.78, 5) is 15.8. The highest BCUT2D eigenvalue weighted by Crippen LogP contribution is 2.38. The molecule has 1 heterocycles. The number of benzene rings is 3. The molecule has 0 saturated carbocycles. The van der Waals surface area contributed by atoms with Gasteiger partial charge in [-0.3, -0.25) is 9.48 Å². The van der Waals surface area contributed by atoms with Gasteiger partial charge in [-0.05, 0) is 54.4 Å². The van der Waals surface area contributed by atoms with Gasteiger partial charge in [-0.15, -0.1) is 0 Å². The maximum absolute atomic E-state index is 13.8. The molecule has 4 rings (SSSR count). The first-order chi connectivity index (χ1) is 15.2. The van der Waals surface area contributed by atoms with Crippen LogP contribution in [0.3, 0.4) is 0 Å². The molecule has 32 heavy (non-hydrogen) atoms. The van der Waals surface area contributed by atoms with E-state index in [1.807, 2.05) is 87.6 Å². The number of rotatable bonds is 5. The van der Waals surface area contributed by atoms with Crippen molar-refractivity contribution in [3.63, 3.8) is 0 Å². The number of nitrogens with two attached hydrogens (primary N) is 1. The SMILES string of the molecule is Cc1c(C(O)(c2ccc(N)cc2)c2ccc(N(C)C)cc2)c(=O)n(-c2ccccc2)n1C. The highest BCUT2D eigenvalue weighted by atomic mass is 16.3. The number of anilines is 2. The average molecular weight is 429 g/mol. The van der Waals surface area contributed by atoms with Crippen molar-refractivity contribution in [2.45, 2.75) is 12.5 Å². The molecular weight excluding hydrogens is 400 g/mol. The van der Waals surface area contributed by atoms with E-state index >= 15 is 0 Å². The van der Waals surface area contributed by atoms with Crippen LogP contribution < -0.4 is 16.2 Å². The molecule has 3 aromatic carbocycles.